The maximum Gasteiger partial charge on any atom is 0.407 e. The Bertz CT molecular complexity index is 1160. The topological polar surface area (TPSA) is 140 Å². The van der Waals surface area contributed by atoms with Gasteiger partial charge in [0.25, 0.3) is 0 Å². The highest BCUT2D eigenvalue weighted by atomic mass is 16.6. The van der Waals surface area contributed by atoms with Gasteiger partial charge in [-0.2, -0.15) is 0 Å². The fourth-order valence-corrected chi connectivity index (χ4v) is 5.34. The van der Waals surface area contributed by atoms with Crippen LogP contribution in [0.1, 0.15) is 63.0 Å². The van der Waals surface area contributed by atoms with Crippen LogP contribution in [0.2, 0.25) is 0 Å². The summed E-state index contributed by atoms with van der Waals surface area (Å²) >= 11 is 0. The fraction of sp³-hybridized carbons (Fsp3) is 0.711. The van der Waals surface area contributed by atoms with E-state index in [9.17, 15) is 4.79 Å². The average Bonchev–Trinajstić information content (AvgIpc) is 3.26. The third-order valence-corrected chi connectivity index (χ3v) is 8.57. The molecule has 0 bridgehead atoms. The number of carbonyl (C=O) groups excluding carboxylic acids is 1. The first-order valence-corrected chi connectivity index (χ1v) is 21.7. The Morgan fingerprint density at radius 1 is 0.424 bits per heavy atom. The molecule has 0 aromatic heterocycles. The molecule has 0 aliphatic rings. The van der Waals surface area contributed by atoms with Gasteiger partial charge in [-0.25, -0.2) is 4.79 Å². The number of hydrogen-bond donors (Lipinski definition) is 1. The number of ether oxygens (including phenoxy) is 12. The van der Waals surface area contributed by atoms with Gasteiger partial charge >= 0.3 is 6.09 Å². The molecule has 0 fully saturated rings. The van der Waals surface area contributed by atoms with Crippen molar-refractivity contribution < 1.29 is 61.6 Å². The number of hydrogen-bond acceptors (Lipinski definition) is 13. The van der Waals surface area contributed by atoms with Crippen LogP contribution in [0.25, 0.3) is 0 Å². The lowest BCUT2D eigenvalue weighted by molar-refractivity contribution is -0.0266. The van der Waals surface area contributed by atoms with Crippen molar-refractivity contribution in [2.45, 2.75) is 64.9 Å². The van der Waals surface area contributed by atoms with Gasteiger partial charge in [0.05, 0.1) is 132 Å². The smallest absolute Gasteiger partial charge is 0.407 e. The molecule has 2 aromatic carbocycles. The maximum atomic E-state index is 11.7. The zero-order valence-corrected chi connectivity index (χ0v) is 35.9. The highest BCUT2D eigenvalue weighted by Crippen LogP contribution is 2.15. The molecule has 0 saturated heterocycles. The minimum Gasteiger partial charge on any atom is -0.491 e. The number of alkyl carbamates (subject to hydrolysis) is 1. The molecule has 2 aromatic rings. The van der Waals surface area contributed by atoms with Gasteiger partial charge in [-0.1, -0.05) is 87.9 Å². The lowest BCUT2D eigenvalue weighted by Crippen LogP contribution is -2.28. The van der Waals surface area contributed by atoms with E-state index in [1.54, 1.807) is 0 Å². The van der Waals surface area contributed by atoms with E-state index in [1.807, 2.05) is 30.3 Å². The largest absolute Gasteiger partial charge is 0.491 e. The number of aryl methyl sites for hydroxylation is 1. The fourth-order valence-electron chi connectivity index (χ4n) is 5.34. The molecule has 0 unspecified atom stereocenters. The first-order valence-electron chi connectivity index (χ1n) is 21.7. The number of amides is 1. The highest BCUT2D eigenvalue weighted by molar-refractivity contribution is 5.67. The summed E-state index contributed by atoms with van der Waals surface area (Å²) in [7, 11) is 0. The first-order chi connectivity index (χ1) is 29.3. The van der Waals surface area contributed by atoms with E-state index in [2.05, 4.69) is 36.5 Å². The number of rotatable bonds is 44. The van der Waals surface area contributed by atoms with Crippen molar-refractivity contribution in [3.63, 3.8) is 0 Å². The molecule has 59 heavy (non-hydrogen) atoms. The molecule has 2 rings (SSSR count). The van der Waals surface area contributed by atoms with E-state index >= 15 is 0 Å². The summed E-state index contributed by atoms with van der Waals surface area (Å²) < 4.78 is 66.0. The Hall–Kier alpha value is -2.89. The van der Waals surface area contributed by atoms with E-state index in [0.29, 0.717) is 145 Å². The standard InChI is InChI=1S/C45H75NO13/c1-2-3-4-5-6-7-9-12-42-15-17-44(18-16-42)58-40-39-57-38-37-56-36-35-55-34-33-54-32-31-53-30-29-52-28-27-51-26-25-50-24-23-49-22-21-48-20-19-46-45(47)59-41-43-13-10-8-11-14-43/h8,10-11,13-18H,2-7,9,12,19-41H2,1H3,(H,46,47). The Morgan fingerprint density at radius 2 is 0.814 bits per heavy atom. The molecule has 0 spiro atoms. The van der Waals surface area contributed by atoms with Crippen LogP contribution in [0.4, 0.5) is 4.79 Å². The van der Waals surface area contributed by atoms with Gasteiger partial charge in [-0.15, -0.1) is 0 Å². The van der Waals surface area contributed by atoms with Gasteiger partial charge in [0.2, 0.25) is 0 Å². The van der Waals surface area contributed by atoms with Crippen molar-refractivity contribution in [2.75, 3.05) is 145 Å². The third-order valence-electron chi connectivity index (χ3n) is 8.57. The number of unbranched alkanes of at least 4 members (excludes halogenated alkanes) is 6. The van der Waals surface area contributed by atoms with Crippen LogP contribution in [-0.2, 0) is 65.1 Å². The lowest BCUT2D eigenvalue weighted by Gasteiger charge is -2.09. The summed E-state index contributed by atoms with van der Waals surface area (Å²) in [6.07, 6.45) is 10.0. The van der Waals surface area contributed by atoms with Crippen LogP contribution in [0.5, 0.6) is 5.75 Å². The van der Waals surface area contributed by atoms with E-state index < -0.39 is 6.09 Å². The van der Waals surface area contributed by atoms with Gasteiger partial charge in [-0.3, -0.25) is 0 Å². The Kier molecular flexibility index (Phi) is 37.0. The van der Waals surface area contributed by atoms with Crippen molar-refractivity contribution >= 4 is 6.09 Å². The monoisotopic (exact) mass is 838 g/mol. The van der Waals surface area contributed by atoms with Crippen molar-refractivity contribution in [1.82, 2.24) is 5.32 Å². The van der Waals surface area contributed by atoms with Gasteiger partial charge in [0, 0.05) is 6.54 Å². The quantitative estimate of drug-likeness (QED) is 0.0733. The van der Waals surface area contributed by atoms with Crippen LogP contribution >= 0.6 is 0 Å². The summed E-state index contributed by atoms with van der Waals surface area (Å²) in [6.45, 7) is 13.1. The second-order valence-corrected chi connectivity index (χ2v) is 13.5. The van der Waals surface area contributed by atoms with Gasteiger partial charge < -0.3 is 62.2 Å². The molecule has 0 aliphatic carbocycles. The van der Waals surface area contributed by atoms with Crippen LogP contribution in [0, 0.1) is 0 Å². The molecule has 0 atom stereocenters. The van der Waals surface area contributed by atoms with Crippen molar-refractivity contribution in [1.29, 1.82) is 0 Å². The second-order valence-electron chi connectivity index (χ2n) is 13.5. The SMILES string of the molecule is CCCCCCCCCc1ccc(OCCOCCOCCOCCOCCOCCOCCOCCOCCOCCOCCNC(=O)OCc2ccccc2)cc1. The normalized spacial score (nSPS) is 11.3. The van der Waals surface area contributed by atoms with Crippen LogP contribution in [0.15, 0.2) is 54.6 Å². The van der Waals surface area contributed by atoms with Crippen LogP contribution in [-0.4, -0.2) is 151 Å². The predicted molar refractivity (Wildman–Crippen MR) is 226 cm³/mol. The minimum atomic E-state index is -0.469. The molecule has 0 heterocycles. The zero-order valence-electron chi connectivity index (χ0n) is 35.9. The van der Waals surface area contributed by atoms with Gasteiger partial charge in [-0.05, 0) is 36.1 Å². The first kappa shape index (κ1) is 52.2. The van der Waals surface area contributed by atoms with Gasteiger partial charge in [0.15, 0.2) is 0 Å². The summed E-state index contributed by atoms with van der Waals surface area (Å²) in [5.74, 6) is 0.882. The van der Waals surface area contributed by atoms with E-state index in [4.69, 9.17) is 56.8 Å². The molecule has 1 amide bonds. The molecular weight excluding hydrogens is 762 g/mol. The summed E-state index contributed by atoms with van der Waals surface area (Å²) in [6, 6.07) is 18.0. The van der Waals surface area contributed by atoms with E-state index in [-0.39, 0.29) is 6.61 Å². The molecule has 1 N–H and O–H groups in total. The highest BCUT2D eigenvalue weighted by Gasteiger charge is 2.03. The summed E-state index contributed by atoms with van der Waals surface area (Å²) in [5.41, 5.74) is 2.31. The second kappa shape index (κ2) is 41.8. The molecule has 14 nitrogen and oxygen atoms in total. The van der Waals surface area contributed by atoms with Crippen LogP contribution in [0.3, 0.4) is 0 Å². The third kappa shape index (κ3) is 35.6. The van der Waals surface area contributed by atoms with Crippen LogP contribution < -0.4 is 10.1 Å². The number of carbonyl (C=O) groups is 1. The van der Waals surface area contributed by atoms with E-state index in [1.165, 1.54) is 50.5 Å². The number of nitrogens with one attached hydrogen (secondary N) is 1. The maximum absolute atomic E-state index is 11.7. The molecule has 0 saturated carbocycles. The molecule has 14 heteroatoms. The average molecular weight is 838 g/mol. The molecule has 0 radical (unpaired) electrons. The molecular formula is C45H75NO13. The van der Waals surface area contributed by atoms with Crippen molar-refractivity contribution in [3.05, 3.63) is 65.7 Å². The predicted octanol–water partition coefficient (Wildman–Crippen LogP) is 6.45. The summed E-state index contributed by atoms with van der Waals surface area (Å²) in [4.78, 5) is 11.7. The Morgan fingerprint density at radius 3 is 1.25 bits per heavy atom. The zero-order chi connectivity index (χ0) is 41.8. The lowest BCUT2D eigenvalue weighted by atomic mass is 10.0. The Labute approximate surface area is 354 Å². The minimum absolute atomic E-state index is 0.237. The molecule has 0 aliphatic heterocycles. The van der Waals surface area contributed by atoms with Gasteiger partial charge in [0.1, 0.15) is 19.0 Å². The van der Waals surface area contributed by atoms with E-state index in [0.717, 1.165) is 17.7 Å². The van der Waals surface area contributed by atoms with Crippen molar-refractivity contribution in [3.8, 4) is 5.75 Å². The summed E-state index contributed by atoms with van der Waals surface area (Å²) in [5, 5.41) is 2.65. The Balaban J connectivity index is 1.16. The number of benzene rings is 2. The van der Waals surface area contributed by atoms with Crippen molar-refractivity contribution in [2.24, 2.45) is 0 Å². The molecule has 338 valence electrons.